The lowest BCUT2D eigenvalue weighted by molar-refractivity contribution is -0.136. The van der Waals surface area contributed by atoms with Gasteiger partial charge in [0.05, 0.1) is 5.56 Å². The van der Waals surface area contributed by atoms with Crippen LogP contribution in [-0.2, 0) is 6.18 Å². The minimum absolute atomic E-state index is 0.446. The number of alkyl halides is 3. The van der Waals surface area contributed by atoms with Crippen molar-refractivity contribution >= 4 is 18.3 Å². The van der Waals surface area contributed by atoms with Crippen molar-refractivity contribution in [2.24, 2.45) is 5.92 Å². The lowest BCUT2D eigenvalue weighted by Gasteiger charge is -2.33. The van der Waals surface area contributed by atoms with Gasteiger partial charge >= 0.3 is 13.3 Å². The van der Waals surface area contributed by atoms with Gasteiger partial charge in [-0.1, -0.05) is 13.0 Å². The first-order valence-electron chi connectivity index (χ1n) is 6.61. The van der Waals surface area contributed by atoms with Crippen molar-refractivity contribution in [1.82, 2.24) is 0 Å². The molecule has 1 unspecified atom stereocenters. The van der Waals surface area contributed by atoms with E-state index in [1.807, 2.05) is 4.90 Å². The van der Waals surface area contributed by atoms with E-state index in [2.05, 4.69) is 6.92 Å². The Labute approximate surface area is 116 Å². The minimum atomic E-state index is -4.60. The summed E-state index contributed by atoms with van der Waals surface area (Å²) in [4.78, 5) is 1.91. The summed E-state index contributed by atoms with van der Waals surface area (Å²) in [6.45, 7) is 3.52. The first kappa shape index (κ1) is 15.2. The van der Waals surface area contributed by atoms with E-state index in [1.54, 1.807) is 0 Å². The molecule has 1 heterocycles. The highest BCUT2D eigenvalue weighted by Gasteiger charge is 2.37. The monoisotopic (exact) mass is 287 g/mol. The van der Waals surface area contributed by atoms with E-state index in [-0.39, 0.29) is 0 Å². The van der Waals surface area contributed by atoms with Crippen molar-refractivity contribution in [2.45, 2.75) is 25.9 Å². The van der Waals surface area contributed by atoms with Gasteiger partial charge in [0.1, 0.15) is 0 Å². The van der Waals surface area contributed by atoms with Crippen molar-refractivity contribution < 1.29 is 23.2 Å². The number of rotatable bonds is 2. The summed E-state index contributed by atoms with van der Waals surface area (Å²) in [5, 5.41) is 18.1. The molecule has 2 rings (SSSR count). The molecule has 1 atom stereocenters. The van der Waals surface area contributed by atoms with Gasteiger partial charge in [0, 0.05) is 18.8 Å². The maximum Gasteiger partial charge on any atom is 0.489 e. The zero-order valence-electron chi connectivity index (χ0n) is 11.2. The average molecular weight is 287 g/mol. The number of hydrogen-bond acceptors (Lipinski definition) is 3. The van der Waals surface area contributed by atoms with Gasteiger partial charge in [0.2, 0.25) is 0 Å². The molecular weight excluding hydrogens is 270 g/mol. The van der Waals surface area contributed by atoms with Crippen molar-refractivity contribution in [3.8, 4) is 0 Å². The minimum Gasteiger partial charge on any atom is -0.423 e. The molecule has 2 N–H and O–H groups in total. The third-order valence-corrected chi connectivity index (χ3v) is 3.64. The van der Waals surface area contributed by atoms with Crippen LogP contribution in [0.3, 0.4) is 0 Å². The summed E-state index contributed by atoms with van der Waals surface area (Å²) >= 11 is 0. The standard InChI is InChI=1S/C13H17BF3NO2/c1-9-3-2-6-18(8-9)10-4-5-12(14(19)20)11(7-10)13(15,16)17/h4-5,7,9,19-20H,2-3,6,8H2,1H3. The summed E-state index contributed by atoms with van der Waals surface area (Å²) in [7, 11) is -2.12. The van der Waals surface area contributed by atoms with Gasteiger partial charge in [0.25, 0.3) is 0 Å². The molecule has 0 saturated carbocycles. The van der Waals surface area contributed by atoms with Crippen molar-refractivity contribution in [1.29, 1.82) is 0 Å². The fourth-order valence-electron chi connectivity index (χ4n) is 2.64. The van der Waals surface area contributed by atoms with Crippen LogP contribution in [-0.4, -0.2) is 30.3 Å². The molecule has 0 spiro atoms. The highest BCUT2D eigenvalue weighted by molar-refractivity contribution is 6.59. The predicted octanol–water partition coefficient (Wildman–Crippen LogP) is 1.62. The second kappa shape index (κ2) is 5.65. The molecule has 1 aromatic rings. The zero-order chi connectivity index (χ0) is 14.9. The van der Waals surface area contributed by atoms with Gasteiger partial charge in [-0.15, -0.1) is 0 Å². The number of halogens is 3. The third kappa shape index (κ3) is 3.27. The Kier molecular flexibility index (Phi) is 4.29. The Morgan fingerprint density at radius 1 is 1.30 bits per heavy atom. The molecule has 3 nitrogen and oxygen atoms in total. The molecule has 110 valence electrons. The molecule has 0 bridgehead atoms. The van der Waals surface area contributed by atoms with Crippen LogP contribution in [0, 0.1) is 5.92 Å². The van der Waals surface area contributed by atoms with E-state index >= 15 is 0 Å². The Morgan fingerprint density at radius 2 is 2.00 bits per heavy atom. The number of benzene rings is 1. The summed E-state index contributed by atoms with van der Waals surface area (Å²) in [6, 6.07) is 3.66. The highest BCUT2D eigenvalue weighted by Crippen LogP contribution is 2.32. The van der Waals surface area contributed by atoms with Crippen LogP contribution in [0.15, 0.2) is 18.2 Å². The Bertz CT molecular complexity index is 479. The normalized spacial score (nSPS) is 20.1. The van der Waals surface area contributed by atoms with Crippen LogP contribution in [0.4, 0.5) is 18.9 Å². The highest BCUT2D eigenvalue weighted by atomic mass is 19.4. The fourth-order valence-corrected chi connectivity index (χ4v) is 2.64. The molecule has 1 aliphatic rings. The van der Waals surface area contributed by atoms with Crippen LogP contribution < -0.4 is 10.4 Å². The Balaban J connectivity index is 2.36. The maximum atomic E-state index is 13.0. The molecular formula is C13H17BF3NO2. The molecule has 0 radical (unpaired) electrons. The van der Waals surface area contributed by atoms with Crippen molar-refractivity contribution in [3.05, 3.63) is 23.8 Å². The third-order valence-electron chi connectivity index (χ3n) is 3.64. The van der Waals surface area contributed by atoms with Gasteiger partial charge in [-0.25, -0.2) is 0 Å². The Morgan fingerprint density at radius 3 is 2.55 bits per heavy atom. The number of nitrogens with zero attached hydrogens (tertiary/aromatic N) is 1. The van der Waals surface area contributed by atoms with Crippen LogP contribution >= 0.6 is 0 Å². The second-order valence-corrected chi connectivity index (χ2v) is 5.34. The van der Waals surface area contributed by atoms with Crippen LogP contribution in [0.2, 0.25) is 0 Å². The van der Waals surface area contributed by atoms with Crippen LogP contribution in [0.5, 0.6) is 0 Å². The summed E-state index contributed by atoms with van der Waals surface area (Å²) in [5.41, 5.74) is -1.01. The number of anilines is 1. The van der Waals surface area contributed by atoms with Crippen molar-refractivity contribution in [2.75, 3.05) is 18.0 Å². The van der Waals surface area contributed by atoms with Gasteiger partial charge < -0.3 is 14.9 Å². The quantitative estimate of drug-likeness (QED) is 0.812. The molecule has 7 heteroatoms. The molecule has 1 aliphatic heterocycles. The van der Waals surface area contributed by atoms with Gasteiger partial charge in [-0.05, 0) is 36.4 Å². The van der Waals surface area contributed by atoms with Gasteiger partial charge in [-0.3, -0.25) is 0 Å². The number of hydrogen-bond donors (Lipinski definition) is 2. The SMILES string of the molecule is CC1CCCN(c2ccc(B(O)O)c(C(F)(F)F)c2)C1. The first-order valence-corrected chi connectivity index (χ1v) is 6.61. The van der Waals surface area contributed by atoms with Gasteiger partial charge in [-0.2, -0.15) is 13.2 Å². The molecule has 0 amide bonds. The van der Waals surface area contributed by atoms with E-state index in [1.165, 1.54) is 6.07 Å². The van der Waals surface area contributed by atoms with E-state index < -0.39 is 24.3 Å². The van der Waals surface area contributed by atoms with E-state index in [4.69, 9.17) is 10.0 Å². The van der Waals surface area contributed by atoms with Gasteiger partial charge in [0.15, 0.2) is 0 Å². The molecule has 1 fully saturated rings. The Hall–Kier alpha value is -1.21. The maximum absolute atomic E-state index is 13.0. The molecule has 20 heavy (non-hydrogen) atoms. The molecule has 1 aromatic carbocycles. The largest absolute Gasteiger partial charge is 0.489 e. The van der Waals surface area contributed by atoms with Crippen LogP contribution in [0.1, 0.15) is 25.3 Å². The average Bonchev–Trinajstić information content (AvgIpc) is 2.37. The summed E-state index contributed by atoms with van der Waals surface area (Å²) in [6.07, 6.45) is -2.57. The first-order chi connectivity index (χ1) is 9.29. The lowest BCUT2D eigenvalue weighted by atomic mass is 9.76. The summed E-state index contributed by atoms with van der Waals surface area (Å²) < 4.78 is 39.0. The number of piperidine rings is 1. The topological polar surface area (TPSA) is 43.7 Å². The molecule has 0 aromatic heterocycles. The van der Waals surface area contributed by atoms with Crippen LogP contribution in [0.25, 0.3) is 0 Å². The fraction of sp³-hybridized carbons (Fsp3) is 0.538. The van der Waals surface area contributed by atoms with Crippen molar-refractivity contribution in [3.63, 3.8) is 0 Å². The summed E-state index contributed by atoms with van der Waals surface area (Å²) in [5.74, 6) is 0.446. The smallest absolute Gasteiger partial charge is 0.423 e. The van der Waals surface area contributed by atoms with E-state index in [0.717, 1.165) is 38.1 Å². The zero-order valence-corrected chi connectivity index (χ0v) is 11.2. The van der Waals surface area contributed by atoms with E-state index in [9.17, 15) is 13.2 Å². The molecule has 0 aliphatic carbocycles. The molecule has 1 saturated heterocycles. The second-order valence-electron chi connectivity index (χ2n) is 5.34. The lowest BCUT2D eigenvalue weighted by Crippen LogP contribution is -2.38. The predicted molar refractivity (Wildman–Crippen MR) is 71.9 cm³/mol. The van der Waals surface area contributed by atoms with E-state index in [0.29, 0.717) is 11.6 Å².